The maximum atomic E-state index is 12.8. The number of ether oxygens (including phenoxy) is 2. The van der Waals surface area contributed by atoms with Gasteiger partial charge in [0.25, 0.3) is 0 Å². The molecule has 1 N–H and O–H groups in total. The summed E-state index contributed by atoms with van der Waals surface area (Å²) in [7, 11) is 0. The third-order valence-electron chi connectivity index (χ3n) is 9.45. The summed E-state index contributed by atoms with van der Waals surface area (Å²) in [5.41, 5.74) is 0. The number of aliphatic hydroxyl groups excluding tert-OH is 1. The predicted molar refractivity (Wildman–Crippen MR) is 199 cm³/mol. The molecule has 0 amide bonds. The van der Waals surface area contributed by atoms with Gasteiger partial charge in [0, 0.05) is 25.7 Å². The number of carbonyl (C=O) groups excluding carboxylic acids is 2. The molecule has 0 saturated carbocycles. The average molecular weight is 667 g/mol. The Morgan fingerprint density at radius 2 is 0.957 bits per heavy atom. The number of aliphatic hydroxyl groups is 1. The van der Waals surface area contributed by atoms with Crippen LogP contribution in [0.5, 0.6) is 0 Å². The van der Waals surface area contributed by atoms with Crippen molar-refractivity contribution in [2.45, 2.75) is 226 Å². The van der Waals surface area contributed by atoms with Gasteiger partial charge in [-0.1, -0.05) is 130 Å². The summed E-state index contributed by atoms with van der Waals surface area (Å²) in [5.74, 6) is -0.0717. The normalized spacial score (nSPS) is 11.9. The molecule has 0 unspecified atom stereocenters. The fourth-order valence-corrected chi connectivity index (χ4v) is 6.27. The highest BCUT2D eigenvalue weighted by molar-refractivity contribution is 5.69. The average Bonchev–Trinajstić information content (AvgIpc) is 3.07. The predicted octanol–water partition coefficient (Wildman–Crippen LogP) is 11.3. The van der Waals surface area contributed by atoms with E-state index >= 15 is 0 Å². The summed E-state index contributed by atoms with van der Waals surface area (Å²) >= 11 is 0. The Bertz CT molecular complexity index is 703. The van der Waals surface area contributed by atoms with E-state index in [1.807, 2.05) is 0 Å². The lowest BCUT2D eigenvalue weighted by molar-refractivity contribution is -0.527. The van der Waals surface area contributed by atoms with Crippen LogP contribution in [0.4, 0.5) is 0 Å². The maximum absolute atomic E-state index is 12.8. The van der Waals surface area contributed by atoms with Crippen molar-refractivity contribution in [3.63, 3.8) is 0 Å². The number of hydrogen-bond acceptors (Lipinski definition) is 5. The zero-order valence-corrected chi connectivity index (χ0v) is 31.9. The minimum absolute atomic E-state index is 0.0263. The van der Waals surface area contributed by atoms with Crippen LogP contribution in [0.3, 0.4) is 0 Å². The molecule has 0 bridgehead atoms. The fraction of sp³-hybridized carbons (Fsp3) is 0.927. The van der Waals surface area contributed by atoms with Crippen LogP contribution in [0.15, 0.2) is 0 Å². The van der Waals surface area contributed by atoms with Crippen molar-refractivity contribution in [2.24, 2.45) is 0 Å². The topological polar surface area (TPSA) is 75.8 Å². The second kappa shape index (κ2) is 35.9. The molecule has 0 aliphatic heterocycles. The molecule has 0 aromatic rings. The zero-order chi connectivity index (χ0) is 34.6. The van der Waals surface area contributed by atoms with Crippen LogP contribution in [0.2, 0.25) is 0 Å². The van der Waals surface area contributed by atoms with Crippen LogP contribution in [0.25, 0.3) is 0 Å². The molecule has 0 aliphatic carbocycles. The van der Waals surface area contributed by atoms with Crippen molar-refractivity contribution < 1.29 is 28.7 Å². The van der Waals surface area contributed by atoms with Crippen LogP contribution in [-0.4, -0.2) is 59.7 Å². The first kappa shape index (κ1) is 45.6. The van der Waals surface area contributed by atoms with E-state index in [9.17, 15) is 14.7 Å². The summed E-state index contributed by atoms with van der Waals surface area (Å²) in [4.78, 5) is 24.7. The molecule has 278 valence electrons. The van der Waals surface area contributed by atoms with Gasteiger partial charge in [0.05, 0.1) is 0 Å². The minimum atomic E-state index is -0.0454. The summed E-state index contributed by atoms with van der Waals surface area (Å²) < 4.78 is 13.7. The molecule has 0 aromatic heterocycles. The van der Waals surface area contributed by atoms with E-state index in [0.29, 0.717) is 19.4 Å². The lowest BCUT2D eigenvalue weighted by Gasteiger charge is -2.18. The molecule has 0 aromatic carbocycles. The van der Waals surface area contributed by atoms with Crippen molar-refractivity contribution in [2.75, 3.05) is 19.7 Å². The molecule has 0 fully saturated rings. The Labute approximate surface area is 292 Å². The highest BCUT2D eigenvalue weighted by Crippen LogP contribution is 2.18. The number of carbonyl (C=O) groups is 2. The zero-order valence-electron chi connectivity index (χ0n) is 31.9. The van der Waals surface area contributed by atoms with Gasteiger partial charge in [0.2, 0.25) is 0 Å². The van der Waals surface area contributed by atoms with Gasteiger partial charge in [-0.3, -0.25) is 9.59 Å². The fourth-order valence-electron chi connectivity index (χ4n) is 6.27. The quantitative estimate of drug-likeness (QED) is 0.0312. The Hall–Kier alpha value is -1.43. The minimum Gasteiger partial charge on any atom is -0.462 e. The number of hydrogen-bond donors (Lipinski definition) is 1. The lowest BCUT2D eigenvalue weighted by Crippen LogP contribution is -2.20. The van der Waals surface area contributed by atoms with Gasteiger partial charge in [-0.25, -0.2) is 4.58 Å². The number of rotatable bonds is 36. The third kappa shape index (κ3) is 31.6. The van der Waals surface area contributed by atoms with Gasteiger partial charge in [0.15, 0.2) is 6.54 Å². The van der Waals surface area contributed by atoms with Crippen molar-refractivity contribution in [3.8, 4) is 0 Å². The van der Waals surface area contributed by atoms with E-state index in [1.54, 1.807) is 0 Å². The Balaban J connectivity index is 4.26. The summed E-state index contributed by atoms with van der Waals surface area (Å²) in [5, 5.41) is 9.54. The second-order valence-corrected chi connectivity index (χ2v) is 13.9. The first-order chi connectivity index (χ1) is 23.0. The highest BCUT2D eigenvalue weighted by Gasteiger charge is 2.15. The molecule has 0 radical (unpaired) electrons. The standard InChI is InChI=1S/C41H80NO5/c1-5-9-11-13-16-20-24-30-39(31-25-21-17-14-12-10-6-2)47-41(45)33-27-29-35-42(36-37-43)34-28-23-19-15-18-22-26-32-40(44)46-38(7-3)8-4/h34,38-39,43H,5-33,35-37H2,1-4H3/q+1. The van der Waals surface area contributed by atoms with Gasteiger partial charge in [-0.15, -0.1) is 0 Å². The van der Waals surface area contributed by atoms with Gasteiger partial charge in [-0.05, 0) is 57.8 Å². The Morgan fingerprint density at radius 1 is 0.532 bits per heavy atom. The molecular weight excluding hydrogens is 586 g/mol. The number of unbranched alkanes of at least 4 members (excludes halogenated alkanes) is 19. The molecule has 0 spiro atoms. The van der Waals surface area contributed by atoms with Gasteiger partial charge in [-0.2, -0.15) is 0 Å². The van der Waals surface area contributed by atoms with E-state index in [4.69, 9.17) is 9.47 Å². The SMILES string of the molecule is CCCCCCCCCC(CCCCCCCCC)OC(=O)CCCC[N+](=CCCCCCCCCC(=O)OC(CC)CC)CCO. The van der Waals surface area contributed by atoms with Gasteiger partial charge >= 0.3 is 11.9 Å². The van der Waals surface area contributed by atoms with E-state index < -0.39 is 0 Å². The van der Waals surface area contributed by atoms with Crippen molar-refractivity contribution in [3.05, 3.63) is 0 Å². The van der Waals surface area contributed by atoms with Gasteiger partial charge < -0.3 is 14.6 Å². The maximum Gasteiger partial charge on any atom is 0.306 e. The molecule has 6 heteroatoms. The van der Waals surface area contributed by atoms with Crippen LogP contribution >= 0.6 is 0 Å². The monoisotopic (exact) mass is 667 g/mol. The molecular formula is C41H80NO5+. The Kier molecular flexibility index (Phi) is 34.8. The van der Waals surface area contributed by atoms with E-state index in [0.717, 1.165) is 77.2 Å². The van der Waals surface area contributed by atoms with Crippen molar-refractivity contribution in [1.82, 2.24) is 0 Å². The number of esters is 2. The van der Waals surface area contributed by atoms with E-state index in [-0.39, 0.29) is 30.8 Å². The molecule has 0 heterocycles. The van der Waals surface area contributed by atoms with Crippen molar-refractivity contribution >= 4 is 18.2 Å². The summed E-state index contributed by atoms with van der Waals surface area (Å²) in [6.07, 6.45) is 34.8. The van der Waals surface area contributed by atoms with Crippen molar-refractivity contribution in [1.29, 1.82) is 0 Å². The third-order valence-corrected chi connectivity index (χ3v) is 9.45. The molecule has 0 aliphatic rings. The first-order valence-electron chi connectivity index (χ1n) is 20.6. The van der Waals surface area contributed by atoms with Crippen LogP contribution < -0.4 is 0 Å². The van der Waals surface area contributed by atoms with Crippen LogP contribution in [0.1, 0.15) is 214 Å². The van der Waals surface area contributed by atoms with Crippen LogP contribution in [-0.2, 0) is 19.1 Å². The smallest absolute Gasteiger partial charge is 0.306 e. The highest BCUT2D eigenvalue weighted by atomic mass is 16.5. The lowest BCUT2D eigenvalue weighted by atomic mass is 10.0. The van der Waals surface area contributed by atoms with E-state index in [2.05, 4.69) is 38.5 Å². The summed E-state index contributed by atoms with van der Waals surface area (Å²) in [6, 6.07) is 0. The molecule has 47 heavy (non-hydrogen) atoms. The van der Waals surface area contributed by atoms with E-state index in [1.165, 1.54) is 103 Å². The van der Waals surface area contributed by atoms with Crippen LogP contribution in [0, 0.1) is 0 Å². The molecule has 6 nitrogen and oxygen atoms in total. The number of nitrogens with zero attached hydrogens (tertiary/aromatic N) is 1. The second-order valence-electron chi connectivity index (χ2n) is 13.9. The Morgan fingerprint density at radius 3 is 1.45 bits per heavy atom. The molecule has 0 atom stereocenters. The molecule has 0 rings (SSSR count). The molecule has 0 saturated heterocycles. The summed E-state index contributed by atoms with van der Waals surface area (Å²) in [6.45, 7) is 10.3. The first-order valence-corrected chi connectivity index (χ1v) is 20.6. The largest absolute Gasteiger partial charge is 0.462 e. The van der Waals surface area contributed by atoms with Gasteiger partial charge in [0.1, 0.15) is 31.6 Å².